The summed E-state index contributed by atoms with van der Waals surface area (Å²) in [5.74, 6) is -0.578. The third kappa shape index (κ3) is 4.67. The first-order chi connectivity index (χ1) is 10.9. The molecule has 2 aromatic rings. The van der Waals surface area contributed by atoms with Gasteiger partial charge in [0.25, 0.3) is 5.91 Å². The fourth-order valence-corrected chi connectivity index (χ4v) is 2.88. The molecule has 23 heavy (non-hydrogen) atoms. The second-order valence-electron chi connectivity index (χ2n) is 4.79. The van der Waals surface area contributed by atoms with Crippen LogP contribution in [0.25, 0.3) is 0 Å². The number of hydrogen-bond acceptors (Lipinski definition) is 4. The van der Waals surface area contributed by atoms with Gasteiger partial charge < -0.3 is 10.2 Å². The van der Waals surface area contributed by atoms with E-state index in [1.54, 1.807) is 19.1 Å². The van der Waals surface area contributed by atoms with Crippen molar-refractivity contribution < 1.29 is 9.59 Å². The molecule has 0 spiro atoms. The molecule has 1 heterocycles. The number of carbonyl (C=O) groups excluding carboxylic acids is 2. The van der Waals surface area contributed by atoms with Crippen LogP contribution in [0.1, 0.15) is 23.0 Å². The average Bonchev–Trinajstić information content (AvgIpc) is 2.92. The van der Waals surface area contributed by atoms with E-state index in [1.165, 1.54) is 22.3 Å². The number of anilines is 1. The first-order valence-corrected chi connectivity index (χ1v) is 8.50. The molecule has 8 heteroatoms. The van der Waals surface area contributed by atoms with Gasteiger partial charge >= 0.3 is 0 Å². The molecule has 0 aliphatic rings. The predicted molar refractivity (Wildman–Crippen MR) is 93.5 cm³/mol. The van der Waals surface area contributed by atoms with Crippen molar-refractivity contribution in [3.05, 3.63) is 44.9 Å². The van der Waals surface area contributed by atoms with Gasteiger partial charge in [0, 0.05) is 17.5 Å². The van der Waals surface area contributed by atoms with Gasteiger partial charge in [-0.05, 0) is 32.0 Å². The van der Waals surface area contributed by atoms with Crippen LogP contribution in [0.4, 0.5) is 5.13 Å². The van der Waals surface area contributed by atoms with Crippen LogP contribution in [0.5, 0.6) is 0 Å². The summed E-state index contributed by atoms with van der Waals surface area (Å²) in [5, 5.41) is 5.72. The normalized spacial score (nSPS) is 10.4. The number of amides is 2. The van der Waals surface area contributed by atoms with Crippen molar-refractivity contribution in [2.75, 3.05) is 18.4 Å². The molecular weight excluding hydrogens is 357 g/mol. The smallest absolute Gasteiger partial charge is 0.254 e. The minimum absolute atomic E-state index is 0.0613. The molecule has 0 radical (unpaired) electrons. The zero-order valence-corrected chi connectivity index (χ0v) is 14.9. The van der Waals surface area contributed by atoms with E-state index in [1.807, 2.05) is 12.3 Å². The van der Waals surface area contributed by atoms with Gasteiger partial charge in [0.15, 0.2) is 5.13 Å². The fourth-order valence-electron chi connectivity index (χ4n) is 1.88. The molecule has 1 aromatic carbocycles. The third-order valence-electron chi connectivity index (χ3n) is 3.04. The third-order valence-corrected chi connectivity index (χ3v) is 4.65. The summed E-state index contributed by atoms with van der Waals surface area (Å²) in [5.41, 5.74) is 1.23. The monoisotopic (exact) mass is 371 g/mol. The van der Waals surface area contributed by atoms with Gasteiger partial charge in [0.1, 0.15) is 6.54 Å². The van der Waals surface area contributed by atoms with Crippen LogP contribution in [0, 0.1) is 6.92 Å². The summed E-state index contributed by atoms with van der Waals surface area (Å²) in [4.78, 5) is 30.1. The van der Waals surface area contributed by atoms with Crippen LogP contribution in [0.3, 0.4) is 0 Å². The average molecular weight is 372 g/mol. The van der Waals surface area contributed by atoms with Crippen LogP contribution in [-0.2, 0) is 4.79 Å². The van der Waals surface area contributed by atoms with E-state index < -0.39 is 0 Å². The Labute approximate surface area is 148 Å². The molecule has 0 saturated heterocycles. The van der Waals surface area contributed by atoms with E-state index in [2.05, 4.69) is 10.3 Å². The number of nitrogens with zero attached hydrogens (tertiary/aromatic N) is 2. The lowest BCUT2D eigenvalue weighted by molar-refractivity contribution is -0.116. The number of rotatable bonds is 5. The summed E-state index contributed by atoms with van der Waals surface area (Å²) >= 11 is 13.1. The number of aromatic nitrogens is 1. The van der Waals surface area contributed by atoms with Gasteiger partial charge in [-0.25, -0.2) is 4.98 Å². The highest BCUT2D eigenvalue weighted by atomic mass is 35.5. The number of aryl methyl sites for hydroxylation is 1. The number of nitrogens with one attached hydrogen (secondary N) is 1. The van der Waals surface area contributed by atoms with Crippen LogP contribution in [0.15, 0.2) is 23.6 Å². The number of halogens is 2. The Morgan fingerprint density at radius 2 is 2.04 bits per heavy atom. The molecule has 0 atom stereocenters. The predicted octanol–water partition coefficient (Wildman–Crippen LogP) is 3.86. The van der Waals surface area contributed by atoms with Crippen LogP contribution in [-0.4, -0.2) is 34.8 Å². The van der Waals surface area contributed by atoms with Crippen LogP contribution < -0.4 is 5.32 Å². The molecule has 122 valence electrons. The summed E-state index contributed by atoms with van der Waals surface area (Å²) in [7, 11) is 0. The molecule has 2 rings (SSSR count). The van der Waals surface area contributed by atoms with Gasteiger partial charge in [-0.2, -0.15) is 0 Å². The number of benzene rings is 1. The Morgan fingerprint density at radius 3 is 2.61 bits per heavy atom. The van der Waals surface area contributed by atoms with Crippen molar-refractivity contribution in [1.29, 1.82) is 0 Å². The molecule has 0 aliphatic heterocycles. The summed E-state index contributed by atoms with van der Waals surface area (Å²) < 4.78 is 0. The number of thiazole rings is 1. The molecule has 1 N–H and O–H groups in total. The quantitative estimate of drug-likeness (QED) is 0.867. The summed E-state index contributed by atoms with van der Waals surface area (Å²) in [6.07, 6.45) is 0. The van der Waals surface area contributed by atoms with E-state index in [4.69, 9.17) is 23.2 Å². The zero-order chi connectivity index (χ0) is 17.0. The first kappa shape index (κ1) is 17.7. The van der Waals surface area contributed by atoms with E-state index in [-0.39, 0.29) is 18.4 Å². The van der Waals surface area contributed by atoms with Gasteiger partial charge in [-0.1, -0.05) is 23.2 Å². The Morgan fingerprint density at radius 1 is 1.30 bits per heavy atom. The van der Waals surface area contributed by atoms with Crippen molar-refractivity contribution in [3.63, 3.8) is 0 Å². The SMILES string of the molecule is CCN(CC(=O)Nc1nc(C)cs1)C(=O)c1ccc(Cl)c(Cl)c1. The molecule has 1 aromatic heterocycles. The lowest BCUT2D eigenvalue weighted by atomic mass is 10.2. The van der Waals surface area contributed by atoms with Crippen LogP contribution >= 0.6 is 34.5 Å². The zero-order valence-electron chi connectivity index (χ0n) is 12.6. The van der Waals surface area contributed by atoms with Crippen molar-refractivity contribution in [1.82, 2.24) is 9.88 Å². The van der Waals surface area contributed by atoms with Gasteiger partial charge in [-0.15, -0.1) is 11.3 Å². The number of carbonyl (C=O) groups is 2. The second-order valence-corrected chi connectivity index (χ2v) is 6.46. The van der Waals surface area contributed by atoms with E-state index in [0.717, 1.165) is 5.69 Å². The maximum atomic E-state index is 12.5. The van der Waals surface area contributed by atoms with Crippen molar-refractivity contribution in [2.24, 2.45) is 0 Å². The molecule has 0 fully saturated rings. The Hall–Kier alpha value is -1.63. The first-order valence-electron chi connectivity index (χ1n) is 6.87. The van der Waals surface area contributed by atoms with E-state index in [0.29, 0.717) is 27.3 Å². The van der Waals surface area contributed by atoms with Gasteiger partial charge in [-0.3, -0.25) is 9.59 Å². The van der Waals surface area contributed by atoms with Crippen molar-refractivity contribution in [2.45, 2.75) is 13.8 Å². The van der Waals surface area contributed by atoms with Gasteiger partial charge in [0.05, 0.1) is 15.7 Å². The Bertz CT molecular complexity index is 733. The number of likely N-dealkylation sites (N-methyl/N-ethyl adjacent to an activating group) is 1. The molecule has 5 nitrogen and oxygen atoms in total. The largest absolute Gasteiger partial charge is 0.330 e. The summed E-state index contributed by atoms with van der Waals surface area (Å²) in [6.45, 7) is 3.98. The molecule has 0 aliphatic carbocycles. The lowest BCUT2D eigenvalue weighted by Crippen LogP contribution is -2.37. The molecule has 0 saturated carbocycles. The standard InChI is InChI=1S/C15H15Cl2N3O2S/c1-3-20(7-13(21)19-15-18-9(2)8-23-15)14(22)10-4-5-11(16)12(17)6-10/h4-6,8H,3,7H2,1-2H3,(H,18,19,21). The fraction of sp³-hybridized carbons (Fsp3) is 0.267. The molecule has 2 amide bonds. The highest BCUT2D eigenvalue weighted by Gasteiger charge is 2.18. The van der Waals surface area contributed by atoms with Crippen LogP contribution in [0.2, 0.25) is 10.0 Å². The minimum atomic E-state index is -0.297. The van der Waals surface area contributed by atoms with Gasteiger partial charge in [0.2, 0.25) is 5.91 Å². The van der Waals surface area contributed by atoms with Crippen molar-refractivity contribution >= 4 is 51.5 Å². The molecule has 0 bridgehead atoms. The Kier molecular flexibility index (Phi) is 5.98. The topological polar surface area (TPSA) is 62.3 Å². The molecule has 0 unspecified atom stereocenters. The Balaban J connectivity index is 2.04. The maximum absolute atomic E-state index is 12.5. The second kappa shape index (κ2) is 7.77. The highest BCUT2D eigenvalue weighted by molar-refractivity contribution is 7.13. The lowest BCUT2D eigenvalue weighted by Gasteiger charge is -2.20. The maximum Gasteiger partial charge on any atom is 0.254 e. The van der Waals surface area contributed by atoms with Crippen molar-refractivity contribution in [3.8, 4) is 0 Å². The van der Waals surface area contributed by atoms with E-state index in [9.17, 15) is 9.59 Å². The van der Waals surface area contributed by atoms with E-state index >= 15 is 0 Å². The summed E-state index contributed by atoms with van der Waals surface area (Å²) in [6, 6.07) is 4.64. The minimum Gasteiger partial charge on any atom is -0.330 e. The highest BCUT2D eigenvalue weighted by Crippen LogP contribution is 2.23. The number of hydrogen-bond donors (Lipinski definition) is 1. The molecular formula is C15H15Cl2N3O2S.